The fourth-order valence-corrected chi connectivity index (χ4v) is 4.68. The highest BCUT2D eigenvalue weighted by molar-refractivity contribution is 5.94. The fourth-order valence-electron chi connectivity index (χ4n) is 4.68. The third kappa shape index (κ3) is 3.37. The Balaban J connectivity index is 1.73. The Morgan fingerprint density at radius 3 is 2.35 bits per heavy atom. The lowest BCUT2D eigenvalue weighted by atomic mass is 9.71. The molecule has 2 amide bonds. The summed E-state index contributed by atoms with van der Waals surface area (Å²) >= 11 is 0. The number of amides is 2. The smallest absolute Gasteiger partial charge is 0.253 e. The van der Waals surface area contributed by atoms with E-state index in [9.17, 15) is 9.59 Å². The van der Waals surface area contributed by atoms with E-state index in [0.29, 0.717) is 19.7 Å². The lowest BCUT2D eigenvalue weighted by Crippen LogP contribution is -2.47. The Morgan fingerprint density at radius 1 is 1.19 bits per heavy atom. The van der Waals surface area contributed by atoms with Crippen molar-refractivity contribution in [3.05, 3.63) is 34.9 Å². The van der Waals surface area contributed by atoms with Crippen LogP contribution in [0.1, 0.15) is 41.3 Å². The van der Waals surface area contributed by atoms with Gasteiger partial charge in [0, 0.05) is 44.3 Å². The summed E-state index contributed by atoms with van der Waals surface area (Å²) in [5.74, 6) is 0.237. The summed E-state index contributed by atoms with van der Waals surface area (Å²) in [6.45, 7) is 9.49. The van der Waals surface area contributed by atoms with E-state index in [4.69, 9.17) is 4.74 Å². The van der Waals surface area contributed by atoms with Crippen LogP contribution in [-0.4, -0.2) is 61.5 Å². The summed E-state index contributed by atoms with van der Waals surface area (Å²) < 4.78 is 5.36. The van der Waals surface area contributed by atoms with Gasteiger partial charge in [-0.3, -0.25) is 9.59 Å². The fraction of sp³-hybridized carbons (Fsp3) is 0.619. The van der Waals surface area contributed by atoms with Crippen molar-refractivity contribution in [2.75, 3.05) is 39.9 Å². The largest absolute Gasteiger partial charge is 0.384 e. The number of nitrogens with zero attached hydrogens (tertiary/aromatic N) is 2. The van der Waals surface area contributed by atoms with E-state index in [2.05, 4.69) is 6.07 Å². The number of piperidine rings is 1. The third-order valence-electron chi connectivity index (χ3n) is 6.08. The first-order valence-corrected chi connectivity index (χ1v) is 9.55. The van der Waals surface area contributed by atoms with Gasteiger partial charge in [-0.2, -0.15) is 0 Å². The lowest BCUT2D eigenvalue weighted by molar-refractivity contribution is -0.133. The summed E-state index contributed by atoms with van der Waals surface area (Å²) in [7, 11) is 1.66. The molecule has 1 atom stereocenters. The topological polar surface area (TPSA) is 49.9 Å². The zero-order valence-corrected chi connectivity index (χ0v) is 16.4. The molecular weight excluding hydrogens is 328 g/mol. The van der Waals surface area contributed by atoms with Crippen molar-refractivity contribution in [3.8, 4) is 0 Å². The van der Waals surface area contributed by atoms with Crippen LogP contribution in [0.2, 0.25) is 0 Å². The molecule has 1 aromatic carbocycles. The highest BCUT2D eigenvalue weighted by Gasteiger charge is 2.52. The Morgan fingerprint density at radius 2 is 1.81 bits per heavy atom. The number of hydrogen-bond donors (Lipinski definition) is 0. The van der Waals surface area contributed by atoms with Gasteiger partial charge in [-0.15, -0.1) is 0 Å². The third-order valence-corrected chi connectivity index (χ3v) is 6.08. The van der Waals surface area contributed by atoms with E-state index in [0.717, 1.165) is 42.6 Å². The minimum Gasteiger partial charge on any atom is -0.384 e. The highest BCUT2D eigenvalue weighted by Crippen LogP contribution is 2.45. The normalized spacial score (nSPS) is 22.3. The first-order chi connectivity index (χ1) is 12.4. The van der Waals surface area contributed by atoms with Crippen LogP contribution in [0, 0.1) is 25.2 Å². The molecular formula is C21H30N2O3. The highest BCUT2D eigenvalue weighted by atomic mass is 16.5. The molecule has 0 N–H and O–H groups in total. The van der Waals surface area contributed by atoms with Gasteiger partial charge in [-0.25, -0.2) is 0 Å². The molecule has 2 fully saturated rings. The lowest BCUT2D eigenvalue weighted by Gasteiger charge is -2.41. The monoisotopic (exact) mass is 358 g/mol. The molecule has 0 radical (unpaired) electrons. The number of carbonyl (C=O) groups excluding carboxylic acids is 2. The number of hydrogen-bond acceptors (Lipinski definition) is 3. The van der Waals surface area contributed by atoms with Gasteiger partial charge in [0.25, 0.3) is 5.91 Å². The first-order valence-electron chi connectivity index (χ1n) is 9.55. The molecule has 0 bridgehead atoms. The molecule has 1 aromatic rings. The van der Waals surface area contributed by atoms with Gasteiger partial charge in [-0.1, -0.05) is 17.2 Å². The quantitative estimate of drug-likeness (QED) is 0.831. The van der Waals surface area contributed by atoms with E-state index in [-0.39, 0.29) is 23.1 Å². The molecule has 1 spiro atoms. The summed E-state index contributed by atoms with van der Waals surface area (Å²) in [6.07, 6.45) is 1.72. The molecule has 2 aliphatic heterocycles. The molecule has 5 heteroatoms. The van der Waals surface area contributed by atoms with Crippen molar-refractivity contribution >= 4 is 11.8 Å². The van der Waals surface area contributed by atoms with E-state index < -0.39 is 0 Å². The van der Waals surface area contributed by atoms with Gasteiger partial charge in [-0.05, 0) is 45.7 Å². The maximum absolute atomic E-state index is 12.9. The molecule has 26 heavy (non-hydrogen) atoms. The maximum Gasteiger partial charge on any atom is 0.253 e. The van der Waals surface area contributed by atoms with Crippen molar-refractivity contribution in [3.63, 3.8) is 0 Å². The predicted octanol–water partition coefficient (Wildman–Crippen LogP) is 2.65. The van der Waals surface area contributed by atoms with Gasteiger partial charge < -0.3 is 14.5 Å². The Labute approximate surface area is 156 Å². The molecule has 3 rings (SSSR count). The SMILES string of the molecule is CCN1CC2(CCN(C(=O)c3cc(C)cc(C)c3)CC2)[C@H](COC)C1=O. The molecule has 2 aliphatic rings. The van der Waals surface area contributed by atoms with Gasteiger partial charge in [0.1, 0.15) is 0 Å². The van der Waals surface area contributed by atoms with E-state index >= 15 is 0 Å². The number of rotatable bonds is 4. The van der Waals surface area contributed by atoms with Crippen LogP contribution in [0.15, 0.2) is 18.2 Å². The van der Waals surface area contributed by atoms with Crippen molar-refractivity contribution < 1.29 is 14.3 Å². The van der Waals surface area contributed by atoms with Crippen LogP contribution in [0.5, 0.6) is 0 Å². The van der Waals surface area contributed by atoms with Crippen LogP contribution in [0.4, 0.5) is 0 Å². The van der Waals surface area contributed by atoms with Crippen LogP contribution in [0.3, 0.4) is 0 Å². The van der Waals surface area contributed by atoms with E-state index in [1.54, 1.807) is 7.11 Å². The minimum absolute atomic E-state index is 0.0532. The molecule has 0 unspecified atom stereocenters. The zero-order chi connectivity index (χ0) is 18.9. The number of likely N-dealkylation sites (tertiary alicyclic amines) is 2. The maximum atomic E-state index is 12.9. The molecule has 5 nitrogen and oxygen atoms in total. The first kappa shape index (κ1) is 18.9. The van der Waals surface area contributed by atoms with Crippen molar-refractivity contribution in [2.24, 2.45) is 11.3 Å². The Hall–Kier alpha value is -1.88. The number of methoxy groups -OCH3 is 1. The molecule has 2 heterocycles. The summed E-state index contributed by atoms with van der Waals surface area (Å²) in [6, 6.07) is 6.01. The van der Waals surface area contributed by atoms with E-state index in [1.807, 2.05) is 42.7 Å². The van der Waals surface area contributed by atoms with Crippen LogP contribution in [0.25, 0.3) is 0 Å². The second-order valence-electron chi connectivity index (χ2n) is 7.89. The van der Waals surface area contributed by atoms with Gasteiger partial charge in [0.15, 0.2) is 0 Å². The average molecular weight is 358 g/mol. The molecule has 142 valence electrons. The van der Waals surface area contributed by atoms with Crippen molar-refractivity contribution in [1.29, 1.82) is 0 Å². The molecule has 0 aliphatic carbocycles. The van der Waals surface area contributed by atoms with Gasteiger partial charge >= 0.3 is 0 Å². The number of benzene rings is 1. The van der Waals surface area contributed by atoms with E-state index in [1.165, 1.54) is 0 Å². The molecule has 2 saturated heterocycles. The van der Waals surface area contributed by atoms with Crippen LogP contribution < -0.4 is 0 Å². The summed E-state index contributed by atoms with van der Waals surface area (Å²) in [4.78, 5) is 29.5. The molecule has 0 saturated carbocycles. The number of carbonyl (C=O) groups is 2. The second kappa shape index (κ2) is 7.39. The summed E-state index contributed by atoms with van der Waals surface area (Å²) in [5, 5.41) is 0. The van der Waals surface area contributed by atoms with Gasteiger partial charge in [0.2, 0.25) is 5.91 Å². The summed E-state index contributed by atoms with van der Waals surface area (Å²) in [5.41, 5.74) is 2.94. The Kier molecular flexibility index (Phi) is 5.37. The average Bonchev–Trinajstić information content (AvgIpc) is 2.87. The zero-order valence-electron chi connectivity index (χ0n) is 16.4. The minimum atomic E-state index is -0.0779. The number of ether oxygens (including phenoxy) is 1. The molecule has 0 aromatic heterocycles. The standard InChI is InChI=1S/C21H30N2O3/c1-5-22-14-21(18(13-26-4)20(22)25)6-8-23(9-7-21)19(24)17-11-15(2)10-16(3)12-17/h10-12,18H,5-9,13-14H2,1-4H3/t18-/m1/s1. The second-order valence-corrected chi connectivity index (χ2v) is 7.89. The van der Waals surface area contributed by atoms with Crippen LogP contribution >= 0.6 is 0 Å². The number of aryl methyl sites for hydroxylation is 2. The van der Waals surface area contributed by atoms with Crippen molar-refractivity contribution in [2.45, 2.75) is 33.6 Å². The Bertz CT molecular complexity index is 672. The van der Waals surface area contributed by atoms with Crippen LogP contribution in [-0.2, 0) is 9.53 Å². The van der Waals surface area contributed by atoms with Gasteiger partial charge in [0.05, 0.1) is 12.5 Å². The predicted molar refractivity (Wildman–Crippen MR) is 101 cm³/mol. The van der Waals surface area contributed by atoms with Crippen molar-refractivity contribution in [1.82, 2.24) is 9.80 Å².